The van der Waals surface area contributed by atoms with E-state index < -0.39 is 0 Å². The fraction of sp³-hybridized carbons (Fsp3) is 0.261. The molecule has 4 rings (SSSR count). The predicted octanol–water partition coefficient (Wildman–Crippen LogP) is 5.68. The van der Waals surface area contributed by atoms with E-state index in [1.807, 2.05) is 0 Å². The summed E-state index contributed by atoms with van der Waals surface area (Å²) in [6, 6.07) is 19.6. The van der Waals surface area contributed by atoms with Crippen LogP contribution in [0.1, 0.15) is 30.5 Å². The third-order valence-corrected chi connectivity index (χ3v) is 4.62. The van der Waals surface area contributed by atoms with Gasteiger partial charge in [-0.05, 0) is 61.7 Å². The highest BCUT2D eigenvalue weighted by Gasteiger charge is 2.28. The van der Waals surface area contributed by atoms with Gasteiger partial charge in [-0.2, -0.15) is 0 Å². The fourth-order valence-corrected chi connectivity index (χ4v) is 3.51. The van der Waals surface area contributed by atoms with Gasteiger partial charge in [-0.1, -0.05) is 53.6 Å². The van der Waals surface area contributed by atoms with Crippen LogP contribution in [0.2, 0.25) is 0 Å². The zero-order chi connectivity index (χ0) is 17.6. The van der Waals surface area contributed by atoms with Gasteiger partial charge in [-0.15, -0.1) is 0 Å². The first-order valence-electron chi connectivity index (χ1n) is 8.76. The van der Waals surface area contributed by atoms with Crippen LogP contribution in [0, 0.1) is 13.8 Å². The third-order valence-electron chi connectivity index (χ3n) is 4.62. The molecule has 1 aliphatic rings. The number of hydrogen-bond acceptors (Lipinski definition) is 2. The van der Waals surface area contributed by atoms with Gasteiger partial charge in [0.15, 0.2) is 0 Å². The van der Waals surface area contributed by atoms with Crippen molar-refractivity contribution in [3.8, 4) is 11.1 Å². The van der Waals surface area contributed by atoms with Crippen LogP contribution < -0.4 is 0 Å². The summed E-state index contributed by atoms with van der Waals surface area (Å²) in [7, 11) is 0. The standard InChI is InChI=1S/C23H23NO/c1-15-9-16(2)11-19(10-15)20-12-17-7-5-6-8-18(17)13-21(20)22-24-23(3,4)14-25-22/h5-13H,14H2,1-4H3. The van der Waals surface area contributed by atoms with Crippen molar-refractivity contribution in [1.82, 2.24) is 0 Å². The number of hydrogen-bond donors (Lipinski definition) is 0. The Labute approximate surface area is 149 Å². The molecule has 0 spiro atoms. The Morgan fingerprint density at radius 2 is 1.44 bits per heavy atom. The van der Waals surface area contributed by atoms with Gasteiger partial charge in [0.25, 0.3) is 0 Å². The van der Waals surface area contributed by atoms with Crippen molar-refractivity contribution in [2.45, 2.75) is 33.2 Å². The van der Waals surface area contributed by atoms with Gasteiger partial charge in [-0.25, -0.2) is 4.99 Å². The number of nitrogens with zero attached hydrogens (tertiary/aromatic N) is 1. The molecule has 0 bridgehead atoms. The van der Waals surface area contributed by atoms with Crippen molar-refractivity contribution in [3.63, 3.8) is 0 Å². The summed E-state index contributed by atoms with van der Waals surface area (Å²) in [5, 5.41) is 2.44. The summed E-state index contributed by atoms with van der Waals surface area (Å²) >= 11 is 0. The average Bonchev–Trinajstić information content (AvgIpc) is 2.92. The third kappa shape index (κ3) is 3.05. The molecule has 0 N–H and O–H groups in total. The predicted molar refractivity (Wildman–Crippen MR) is 105 cm³/mol. The van der Waals surface area contributed by atoms with Crippen molar-refractivity contribution in [2.75, 3.05) is 6.61 Å². The van der Waals surface area contributed by atoms with Crippen LogP contribution in [0.25, 0.3) is 21.9 Å². The van der Waals surface area contributed by atoms with Crippen LogP contribution in [0.15, 0.2) is 59.6 Å². The first-order valence-corrected chi connectivity index (χ1v) is 8.76. The highest BCUT2D eigenvalue weighted by Crippen LogP contribution is 2.33. The summed E-state index contributed by atoms with van der Waals surface area (Å²) in [6.45, 7) is 9.13. The fourth-order valence-electron chi connectivity index (χ4n) is 3.51. The molecule has 3 aromatic carbocycles. The van der Waals surface area contributed by atoms with Crippen molar-refractivity contribution in [1.29, 1.82) is 0 Å². The zero-order valence-electron chi connectivity index (χ0n) is 15.3. The molecule has 1 heterocycles. The molecule has 0 unspecified atom stereocenters. The molecule has 0 atom stereocenters. The first kappa shape index (κ1) is 15.9. The van der Waals surface area contributed by atoms with E-state index in [0.29, 0.717) is 6.61 Å². The molecular weight excluding hydrogens is 306 g/mol. The van der Waals surface area contributed by atoms with E-state index in [9.17, 15) is 0 Å². The molecule has 0 fully saturated rings. The lowest BCUT2D eigenvalue weighted by Gasteiger charge is -2.13. The molecule has 0 saturated heterocycles. The van der Waals surface area contributed by atoms with Crippen molar-refractivity contribution < 1.29 is 4.74 Å². The zero-order valence-corrected chi connectivity index (χ0v) is 15.3. The Morgan fingerprint density at radius 1 is 0.840 bits per heavy atom. The van der Waals surface area contributed by atoms with Crippen LogP contribution >= 0.6 is 0 Å². The molecule has 1 aliphatic heterocycles. The molecule has 0 radical (unpaired) electrons. The Bertz CT molecular complexity index is 978. The topological polar surface area (TPSA) is 21.6 Å². The molecule has 3 aromatic rings. The number of ether oxygens (including phenoxy) is 1. The van der Waals surface area contributed by atoms with E-state index in [4.69, 9.17) is 9.73 Å². The number of benzene rings is 3. The van der Waals surface area contributed by atoms with E-state index >= 15 is 0 Å². The smallest absolute Gasteiger partial charge is 0.217 e. The minimum Gasteiger partial charge on any atom is -0.475 e. The average molecular weight is 329 g/mol. The van der Waals surface area contributed by atoms with E-state index in [0.717, 1.165) is 11.5 Å². The Balaban J connectivity index is 1.99. The van der Waals surface area contributed by atoms with Gasteiger partial charge in [0, 0.05) is 5.56 Å². The van der Waals surface area contributed by atoms with Crippen LogP contribution in [0.5, 0.6) is 0 Å². The second-order valence-electron chi connectivity index (χ2n) is 7.64. The number of fused-ring (bicyclic) bond motifs is 1. The second-order valence-corrected chi connectivity index (χ2v) is 7.64. The minimum atomic E-state index is -0.166. The largest absolute Gasteiger partial charge is 0.475 e. The second kappa shape index (κ2) is 5.73. The highest BCUT2D eigenvalue weighted by atomic mass is 16.5. The lowest BCUT2D eigenvalue weighted by Crippen LogP contribution is -2.17. The molecule has 2 heteroatoms. The van der Waals surface area contributed by atoms with Gasteiger partial charge in [-0.3, -0.25) is 0 Å². The van der Waals surface area contributed by atoms with Crippen LogP contribution in [0.4, 0.5) is 0 Å². The lowest BCUT2D eigenvalue weighted by molar-refractivity contribution is 0.279. The summed E-state index contributed by atoms with van der Waals surface area (Å²) in [4.78, 5) is 4.82. The van der Waals surface area contributed by atoms with Crippen molar-refractivity contribution in [3.05, 3.63) is 71.3 Å². The van der Waals surface area contributed by atoms with Gasteiger partial charge < -0.3 is 4.74 Å². The minimum absolute atomic E-state index is 0.166. The maximum absolute atomic E-state index is 5.98. The highest BCUT2D eigenvalue weighted by molar-refractivity contribution is 6.06. The lowest BCUT2D eigenvalue weighted by atomic mass is 9.93. The first-order chi connectivity index (χ1) is 11.9. The maximum Gasteiger partial charge on any atom is 0.217 e. The molecule has 126 valence electrons. The molecule has 25 heavy (non-hydrogen) atoms. The quantitative estimate of drug-likeness (QED) is 0.593. The van der Waals surface area contributed by atoms with Gasteiger partial charge in [0.1, 0.15) is 6.61 Å². The van der Waals surface area contributed by atoms with E-state index in [2.05, 4.69) is 82.3 Å². The number of rotatable bonds is 2. The van der Waals surface area contributed by atoms with Gasteiger partial charge in [0.05, 0.1) is 5.54 Å². The molecule has 0 aromatic heterocycles. The summed E-state index contributed by atoms with van der Waals surface area (Å²) in [5.41, 5.74) is 5.85. The number of aryl methyl sites for hydroxylation is 2. The monoisotopic (exact) mass is 329 g/mol. The molecular formula is C23H23NO. The Hall–Kier alpha value is -2.61. The SMILES string of the molecule is Cc1cc(C)cc(-c2cc3ccccc3cc2C2=NC(C)(C)CO2)c1. The van der Waals surface area contributed by atoms with Crippen molar-refractivity contribution >= 4 is 16.7 Å². The summed E-state index contributed by atoms with van der Waals surface area (Å²) in [6.07, 6.45) is 0. The van der Waals surface area contributed by atoms with E-state index in [-0.39, 0.29) is 5.54 Å². The van der Waals surface area contributed by atoms with Crippen LogP contribution in [0.3, 0.4) is 0 Å². The Morgan fingerprint density at radius 3 is 2.00 bits per heavy atom. The summed E-state index contributed by atoms with van der Waals surface area (Å²) < 4.78 is 5.98. The molecule has 0 saturated carbocycles. The van der Waals surface area contributed by atoms with Crippen LogP contribution in [-0.2, 0) is 4.74 Å². The normalized spacial score (nSPS) is 15.9. The Kier molecular flexibility index (Phi) is 3.64. The maximum atomic E-state index is 5.98. The van der Waals surface area contributed by atoms with E-state index in [1.165, 1.54) is 33.0 Å². The summed E-state index contributed by atoms with van der Waals surface area (Å²) in [5.74, 6) is 0.755. The molecule has 2 nitrogen and oxygen atoms in total. The van der Waals surface area contributed by atoms with Crippen molar-refractivity contribution in [2.24, 2.45) is 4.99 Å². The van der Waals surface area contributed by atoms with Gasteiger partial charge in [0.2, 0.25) is 5.90 Å². The van der Waals surface area contributed by atoms with E-state index in [1.54, 1.807) is 0 Å². The number of aliphatic imine (C=N–C) groups is 1. The van der Waals surface area contributed by atoms with Gasteiger partial charge >= 0.3 is 0 Å². The molecule has 0 aliphatic carbocycles. The molecule has 0 amide bonds. The van der Waals surface area contributed by atoms with Crippen LogP contribution in [-0.4, -0.2) is 18.0 Å².